The largest absolute Gasteiger partial charge is 0.451 e. The summed E-state index contributed by atoms with van der Waals surface area (Å²) in [6.45, 7) is 3.26. The minimum Gasteiger partial charge on any atom is -0.303 e. The van der Waals surface area contributed by atoms with Gasteiger partial charge in [0.05, 0.1) is 5.69 Å². The first-order chi connectivity index (χ1) is 10.3. The Morgan fingerprint density at radius 1 is 1.27 bits per heavy atom. The Balaban J connectivity index is 2.11. The van der Waals surface area contributed by atoms with Gasteiger partial charge in [-0.2, -0.15) is 17.9 Å². The number of alkyl halides is 3. The van der Waals surface area contributed by atoms with E-state index in [2.05, 4.69) is 20.1 Å². The van der Waals surface area contributed by atoms with Crippen LogP contribution in [0.1, 0.15) is 35.5 Å². The van der Waals surface area contributed by atoms with Gasteiger partial charge in [0.1, 0.15) is 17.9 Å². The highest BCUT2D eigenvalue weighted by Crippen LogP contribution is 2.45. The minimum absolute atomic E-state index is 0.00646. The van der Waals surface area contributed by atoms with Gasteiger partial charge in [0.15, 0.2) is 5.82 Å². The van der Waals surface area contributed by atoms with Crippen LogP contribution in [0.2, 0.25) is 0 Å². The summed E-state index contributed by atoms with van der Waals surface area (Å²) in [6, 6.07) is 1.44. The predicted octanol–water partition coefficient (Wildman–Crippen LogP) is 2.00. The van der Waals surface area contributed by atoms with Gasteiger partial charge in [-0.1, -0.05) is 0 Å². The molecule has 0 spiro atoms. The van der Waals surface area contributed by atoms with Crippen LogP contribution in [-0.2, 0) is 11.0 Å². The number of halogens is 3. The van der Waals surface area contributed by atoms with Crippen molar-refractivity contribution in [2.75, 3.05) is 0 Å². The van der Waals surface area contributed by atoms with E-state index in [0.29, 0.717) is 18.1 Å². The van der Waals surface area contributed by atoms with E-state index in [4.69, 9.17) is 0 Å². The van der Waals surface area contributed by atoms with Gasteiger partial charge in [0.25, 0.3) is 0 Å². The summed E-state index contributed by atoms with van der Waals surface area (Å²) in [5, 5.41) is 4.04. The van der Waals surface area contributed by atoms with Crippen LogP contribution in [0.5, 0.6) is 0 Å². The molecule has 2 heterocycles. The second-order valence-corrected chi connectivity index (χ2v) is 5.23. The smallest absolute Gasteiger partial charge is 0.303 e. The Labute approximate surface area is 123 Å². The number of carbonyl (C=O) groups is 1. The number of carbonyl (C=O) groups excluding carboxylic acids is 1. The number of rotatable bonds is 3. The summed E-state index contributed by atoms with van der Waals surface area (Å²) in [7, 11) is 0. The quantitative estimate of drug-likeness (QED) is 0.811. The Morgan fingerprint density at radius 3 is 2.50 bits per heavy atom. The summed E-state index contributed by atoms with van der Waals surface area (Å²) < 4.78 is 40.2. The first-order valence-electron chi connectivity index (χ1n) is 6.61. The maximum absolute atomic E-state index is 13.0. The highest BCUT2D eigenvalue weighted by molar-refractivity contribution is 5.61. The Hall–Kier alpha value is -2.32. The monoisotopic (exact) mass is 311 g/mol. The van der Waals surface area contributed by atoms with Crippen molar-refractivity contribution in [1.29, 1.82) is 0 Å². The van der Waals surface area contributed by atoms with Gasteiger partial charge in [-0.25, -0.2) is 15.0 Å². The third kappa shape index (κ3) is 2.58. The molecule has 0 radical (unpaired) electrons. The lowest BCUT2D eigenvalue weighted by Crippen LogP contribution is -2.16. The Kier molecular flexibility index (Phi) is 3.22. The number of hydrogen-bond acceptors (Lipinski definition) is 5. The number of aromatic nitrogens is 5. The zero-order valence-corrected chi connectivity index (χ0v) is 11.8. The van der Waals surface area contributed by atoms with Crippen LogP contribution in [0.3, 0.4) is 0 Å². The Bertz CT molecular complexity index is 740. The molecule has 0 saturated heterocycles. The van der Waals surface area contributed by atoms with Gasteiger partial charge >= 0.3 is 6.18 Å². The third-order valence-electron chi connectivity index (χ3n) is 3.47. The molecule has 0 amide bonds. The molecular weight excluding hydrogens is 299 g/mol. The minimum atomic E-state index is -4.67. The first kappa shape index (κ1) is 14.6. The molecular formula is C13H12F3N5O. The molecule has 116 valence electrons. The molecule has 1 aliphatic carbocycles. The van der Waals surface area contributed by atoms with Crippen LogP contribution in [0.25, 0.3) is 5.82 Å². The molecule has 2 atom stereocenters. The molecule has 9 heteroatoms. The lowest BCUT2D eigenvalue weighted by molar-refractivity contribution is -0.145. The molecule has 2 aromatic rings. The molecule has 0 N–H and O–H groups in total. The van der Waals surface area contributed by atoms with E-state index in [1.807, 2.05) is 0 Å². The molecule has 2 aromatic heterocycles. The number of aldehydes is 1. The van der Waals surface area contributed by atoms with Crippen LogP contribution in [0, 0.1) is 19.8 Å². The summed E-state index contributed by atoms with van der Waals surface area (Å²) in [5.74, 6) is -0.926. The first-order valence-corrected chi connectivity index (χ1v) is 6.61. The highest BCUT2D eigenvalue weighted by Gasteiger charge is 2.42. The second kappa shape index (κ2) is 4.85. The molecule has 0 aromatic carbocycles. The molecule has 0 bridgehead atoms. The van der Waals surface area contributed by atoms with Crippen molar-refractivity contribution in [3.63, 3.8) is 0 Å². The molecule has 1 fully saturated rings. The summed E-state index contributed by atoms with van der Waals surface area (Å²) in [4.78, 5) is 21.9. The normalized spacial score (nSPS) is 21.0. The molecule has 3 rings (SSSR count). The predicted molar refractivity (Wildman–Crippen MR) is 68.3 cm³/mol. The third-order valence-corrected chi connectivity index (χ3v) is 3.47. The van der Waals surface area contributed by atoms with Gasteiger partial charge in [-0.3, -0.25) is 0 Å². The van der Waals surface area contributed by atoms with Crippen molar-refractivity contribution in [2.24, 2.45) is 5.92 Å². The fourth-order valence-corrected chi connectivity index (χ4v) is 2.32. The average Bonchev–Trinajstić information content (AvgIpc) is 3.15. The number of nitrogens with zero attached hydrogens (tertiary/aromatic N) is 5. The fourth-order valence-electron chi connectivity index (χ4n) is 2.32. The van der Waals surface area contributed by atoms with E-state index in [9.17, 15) is 18.0 Å². The van der Waals surface area contributed by atoms with E-state index >= 15 is 0 Å². The van der Waals surface area contributed by atoms with Crippen LogP contribution in [0.15, 0.2) is 6.07 Å². The van der Waals surface area contributed by atoms with E-state index < -0.39 is 12.0 Å². The molecule has 22 heavy (non-hydrogen) atoms. The van der Waals surface area contributed by atoms with Gasteiger partial charge in [0, 0.05) is 17.9 Å². The van der Waals surface area contributed by atoms with Crippen molar-refractivity contribution < 1.29 is 18.0 Å². The molecule has 1 aliphatic rings. The zero-order chi connectivity index (χ0) is 16.1. The van der Waals surface area contributed by atoms with Gasteiger partial charge in [-0.05, 0) is 20.3 Å². The van der Waals surface area contributed by atoms with Crippen LogP contribution in [0.4, 0.5) is 13.2 Å². The van der Waals surface area contributed by atoms with Gasteiger partial charge < -0.3 is 4.79 Å². The maximum atomic E-state index is 13.0. The molecule has 0 aliphatic heterocycles. The van der Waals surface area contributed by atoms with E-state index in [1.54, 1.807) is 13.8 Å². The maximum Gasteiger partial charge on any atom is 0.451 e. The van der Waals surface area contributed by atoms with Crippen molar-refractivity contribution in [2.45, 2.75) is 32.4 Å². The molecule has 1 saturated carbocycles. The van der Waals surface area contributed by atoms with Gasteiger partial charge in [0.2, 0.25) is 5.82 Å². The van der Waals surface area contributed by atoms with E-state index in [1.165, 1.54) is 10.7 Å². The average molecular weight is 311 g/mol. The SMILES string of the molecule is Cc1nc(C)n(-c2cc([C@H]3C[C@@H]3C=O)nc(C(F)(F)F)n2)n1. The topological polar surface area (TPSA) is 73.6 Å². The zero-order valence-electron chi connectivity index (χ0n) is 11.8. The Morgan fingerprint density at radius 2 is 2.00 bits per heavy atom. The standard InChI is InChI=1S/C13H12F3N5O/c1-6-17-7(2)21(20-6)11-4-10(9-3-8(9)5-22)18-12(19-11)13(14,15)16/h4-5,8-9H,3H2,1-2H3/t8-,9+/m1/s1. The summed E-state index contributed by atoms with van der Waals surface area (Å²) in [6.07, 6.45) is -3.42. The molecule has 6 nitrogen and oxygen atoms in total. The van der Waals surface area contributed by atoms with Crippen LogP contribution in [-0.4, -0.2) is 31.0 Å². The number of aryl methyl sites for hydroxylation is 2. The van der Waals surface area contributed by atoms with Crippen molar-refractivity contribution in [3.05, 3.63) is 29.2 Å². The van der Waals surface area contributed by atoms with Crippen LogP contribution < -0.4 is 0 Å². The van der Waals surface area contributed by atoms with Crippen LogP contribution >= 0.6 is 0 Å². The lowest BCUT2D eigenvalue weighted by atomic mass is 10.2. The summed E-state index contributed by atoms with van der Waals surface area (Å²) >= 11 is 0. The van der Waals surface area contributed by atoms with Crippen molar-refractivity contribution in [1.82, 2.24) is 24.7 Å². The van der Waals surface area contributed by atoms with Gasteiger partial charge in [-0.15, -0.1) is 5.10 Å². The fraction of sp³-hybridized carbons (Fsp3) is 0.462. The number of hydrogen-bond donors (Lipinski definition) is 0. The summed E-state index contributed by atoms with van der Waals surface area (Å²) in [5.41, 5.74) is 0.210. The van der Waals surface area contributed by atoms with E-state index in [0.717, 1.165) is 6.29 Å². The highest BCUT2D eigenvalue weighted by atomic mass is 19.4. The van der Waals surface area contributed by atoms with Crippen molar-refractivity contribution in [3.8, 4) is 5.82 Å². The van der Waals surface area contributed by atoms with Crippen molar-refractivity contribution >= 4 is 6.29 Å². The molecule has 0 unspecified atom stereocenters. The second-order valence-electron chi connectivity index (χ2n) is 5.23. The lowest BCUT2D eigenvalue weighted by Gasteiger charge is -2.10. The van der Waals surface area contributed by atoms with E-state index in [-0.39, 0.29) is 23.3 Å².